The summed E-state index contributed by atoms with van der Waals surface area (Å²) in [5, 5.41) is 14.6. The van der Waals surface area contributed by atoms with Crippen molar-refractivity contribution in [3.63, 3.8) is 0 Å². The molecule has 0 saturated carbocycles. The van der Waals surface area contributed by atoms with Crippen molar-refractivity contribution < 1.29 is 4.42 Å². The number of rotatable bonds is 4. The summed E-state index contributed by atoms with van der Waals surface area (Å²) in [6.45, 7) is 0. The lowest BCUT2D eigenvalue weighted by Crippen LogP contribution is -1.96. The van der Waals surface area contributed by atoms with Crippen molar-refractivity contribution in [3.05, 3.63) is 218 Å². The van der Waals surface area contributed by atoms with E-state index in [1.165, 1.54) is 81.8 Å². The normalized spacial score (nSPS) is 12.1. The van der Waals surface area contributed by atoms with Crippen molar-refractivity contribution in [2.45, 2.75) is 0 Å². The Morgan fingerprint density at radius 2 is 0.810 bits per heavy atom. The van der Waals surface area contributed by atoms with E-state index >= 15 is 0 Å². The van der Waals surface area contributed by atoms with E-state index in [0.717, 1.165) is 49.7 Å². The molecule has 0 fully saturated rings. The second-order valence-corrected chi connectivity index (χ2v) is 16.8. The van der Waals surface area contributed by atoms with E-state index < -0.39 is 0 Å². The van der Waals surface area contributed by atoms with Gasteiger partial charge in [0.15, 0.2) is 0 Å². The third kappa shape index (κ3) is 4.90. The minimum atomic E-state index is 0.899. The Bertz CT molecular complexity index is 4150. The number of nitrogens with zero attached hydrogens (tertiary/aromatic N) is 2. The van der Waals surface area contributed by atoms with Gasteiger partial charge in [0.2, 0.25) is 0 Å². The first kappa shape index (κ1) is 34.3. The van der Waals surface area contributed by atoms with Gasteiger partial charge in [-0.05, 0) is 121 Å². The summed E-state index contributed by atoms with van der Waals surface area (Å²) in [4.78, 5) is 0. The van der Waals surface area contributed by atoms with Crippen LogP contribution in [0.4, 0.5) is 0 Å². The van der Waals surface area contributed by atoms with Gasteiger partial charge in [-0.2, -0.15) is 0 Å². The standard InChI is InChI=1S/C60H36N2O/c1-2-13-37(14-3-1)38-25-28-41(29-26-38)61-53-23-10-8-22-50(53)57-54(61)34-32-51-58-55(33-31-49-48-21-9-11-24-56(48)63-60(49)58)62(59(51)57)42-16-12-15-39(35-42)40-27-30-47-45-19-5-4-17-43(45)44-18-6-7-20-46(44)52(47)36-40/h1-36H. The molecule has 3 nitrogen and oxygen atoms in total. The zero-order valence-corrected chi connectivity index (χ0v) is 34.1. The Kier molecular flexibility index (Phi) is 7.11. The molecule has 0 spiro atoms. The van der Waals surface area contributed by atoms with Crippen molar-refractivity contribution in [2.24, 2.45) is 0 Å². The molecular formula is C60H36N2O. The molecule has 0 unspecified atom stereocenters. The molecule has 0 aliphatic rings. The average Bonchev–Trinajstić information content (AvgIpc) is 4.02. The molecule has 0 aliphatic carbocycles. The van der Waals surface area contributed by atoms with Crippen molar-refractivity contribution >= 4 is 97.9 Å². The molecule has 63 heavy (non-hydrogen) atoms. The summed E-state index contributed by atoms with van der Waals surface area (Å²) < 4.78 is 11.7. The second-order valence-electron chi connectivity index (χ2n) is 16.8. The lowest BCUT2D eigenvalue weighted by atomic mass is 9.92. The van der Waals surface area contributed by atoms with Crippen LogP contribution in [-0.4, -0.2) is 9.13 Å². The summed E-state index contributed by atoms with van der Waals surface area (Å²) >= 11 is 0. The number of furan rings is 1. The number of hydrogen-bond acceptors (Lipinski definition) is 1. The highest BCUT2D eigenvalue weighted by Gasteiger charge is 2.24. The molecule has 292 valence electrons. The maximum Gasteiger partial charge on any atom is 0.145 e. The third-order valence-corrected chi connectivity index (χ3v) is 13.5. The van der Waals surface area contributed by atoms with Crippen LogP contribution in [0.25, 0.3) is 131 Å². The van der Waals surface area contributed by atoms with Crippen LogP contribution in [0.3, 0.4) is 0 Å². The Balaban J connectivity index is 1.05. The van der Waals surface area contributed by atoms with Crippen LogP contribution in [0.2, 0.25) is 0 Å². The summed E-state index contributed by atoms with van der Waals surface area (Å²) in [5.41, 5.74) is 13.4. The third-order valence-electron chi connectivity index (χ3n) is 13.5. The highest BCUT2D eigenvalue weighted by molar-refractivity contribution is 6.31. The van der Waals surface area contributed by atoms with E-state index in [1.807, 2.05) is 0 Å². The fourth-order valence-corrected chi connectivity index (χ4v) is 10.7. The van der Waals surface area contributed by atoms with Crippen LogP contribution in [-0.2, 0) is 0 Å². The summed E-state index contributed by atoms with van der Waals surface area (Å²) in [7, 11) is 0. The van der Waals surface area contributed by atoms with Gasteiger partial charge in [0, 0.05) is 38.3 Å². The fraction of sp³-hybridized carbons (Fsp3) is 0. The van der Waals surface area contributed by atoms with Crippen LogP contribution in [0, 0.1) is 0 Å². The lowest BCUT2D eigenvalue weighted by Gasteiger charge is -2.14. The SMILES string of the molecule is c1ccc(-c2ccc(-n3c4ccccc4c4c3ccc3c5c6oc7ccccc7c6ccc5n(-c5cccc(-c6ccc7c8ccccc8c8ccccc8c7c6)c5)c34)cc2)cc1. The van der Waals surface area contributed by atoms with Crippen molar-refractivity contribution in [1.29, 1.82) is 0 Å². The van der Waals surface area contributed by atoms with E-state index in [1.54, 1.807) is 0 Å². The minimum absolute atomic E-state index is 0.899. The molecule has 0 N–H and O–H groups in total. The van der Waals surface area contributed by atoms with Crippen LogP contribution in [0.15, 0.2) is 223 Å². The molecule has 0 radical (unpaired) electrons. The monoisotopic (exact) mass is 800 g/mol. The van der Waals surface area contributed by atoms with Crippen molar-refractivity contribution in [1.82, 2.24) is 9.13 Å². The first-order chi connectivity index (χ1) is 31.3. The molecule has 11 aromatic carbocycles. The number of aromatic nitrogens is 2. The maximum absolute atomic E-state index is 6.83. The first-order valence-corrected chi connectivity index (χ1v) is 21.7. The van der Waals surface area contributed by atoms with Crippen LogP contribution in [0.1, 0.15) is 0 Å². The van der Waals surface area contributed by atoms with Crippen LogP contribution in [0.5, 0.6) is 0 Å². The molecule has 0 bridgehead atoms. The molecule has 3 aromatic heterocycles. The second kappa shape index (κ2) is 13.1. The molecule has 14 rings (SSSR count). The molecule has 14 aromatic rings. The largest absolute Gasteiger partial charge is 0.455 e. The Hall–Kier alpha value is -8.40. The zero-order valence-electron chi connectivity index (χ0n) is 34.1. The van der Waals surface area contributed by atoms with Gasteiger partial charge in [0.05, 0.1) is 27.5 Å². The molecule has 3 heteroatoms. The number of hydrogen-bond donors (Lipinski definition) is 0. The predicted octanol–water partition coefficient (Wildman–Crippen LogP) is 16.6. The molecule has 0 aliphatic heterocycles. The summed E-state index contributed by atoms with van der Waals surface area (Å²) in [6.07, 6.45) is 0. The quantitative estimate of drug-likeness (QED) is 0.163. The van der Waals surface area contributed by atoms with Crippen LogP contribution < -0.4 is 0 Å². The van der Waals surface area contributed by atoms with Gasteiger partial charge >= 0.3 is 0 Å². The fourth-order valence-electron chi connectivity index (χ4n) is 10.7. The van der Waals surface area contributed by atoms with E-state index in [0.29, 0.717) is 0 Å². The van der Waals surface area contributed by atoms with Gasteiger partial charge in [0.25, 0.3) is 0 Å². The smallest absolute Gasteiger partial charge is 0.145 e. The topological polar surface area (TPSA) is 23.0 Å². The number of fused-ring (bicyclic) bond motifs is 17. The van der Waals surface area contributed by atoms with Gasteiger partial charge in [-0.25, -0.2) is 0 Å². The molecule has 0 amide bonds. The molecule has 0 saturated heterocycles. The van der Waals surface area contributed by atoms with E-state index in [-0.39, 0.29) is 0 Å². The van der Waals surface area contributed by atoms with E-state index in [2.05, 4.69) is 228 Å². The molecular weight excluding hydrogens is 765 g/mol. The van der Waals surface area contributed by atoms with E-state index in [9.17, 15) is 0 Å². The van der Waals surface area contributed by atoms with Gasteiger partial charge in [0.1, 0.15) is 11.2 Å². The minimum Gasteiger partial charge on any atom is -0.455 e. The molecule has 0 atom stereocenters. The predicted molar refractivity (Wildman–Crippen MR) is 266 cm³/mol. The highest BCUT2D eigenvalue weighted by Crippen LogP contribution is 2.46. The van der Waals surface area contributed by atoms with Gasteiger partial charge in [-0.1, -0.05) is 152 Å². The van der Waals surface area contributed by atoms with Crippen molar-refractivity contribution in [2.75, 3.05) is 0 Å². The molecule has 3 heterocycles. The summed E-state index contributed by atoms with van der Waals surface area (Å²) in [6, 6.07) is 79.7. The Labute approximate surface area is 361 Å². The first-order valence-electron chi connectivity index (χ1n) is 21.7. The number of benzene rings is 11. The summed E-state index contributed by atoms with van der Waals surface area (Å²) in [5.74, 6) is 0. The maximum atomic E-state index is 6.83. The Morgan fingerprint density at radius 1 is 0.270 bits per heavy atom. The van der Waals surface area contributed by atoms with Gasteiger partial charge < -0.3 is 13.6 Å². The van der Waals surface area contributed by atoms with Crippen LogP contribution >= 0.6 is 0 Å². The Morgan fingerprint density at radius 3 is 1.57 bits per heavy atom. The number of para-hydroxylation sites is 2. The van der Waals surface area contributed by atoms with Crippen molar-refractivity contribution in [3.8, 4) is 33.6 Å². The van der Waals surface area contributed by atoms with Gasteiger partial charge in [-0.3, -0.25) is 0 Å². The van der Waals surface area contributed by atoms with E-state index in [4.69, 9.17) is 4.42 Å². The average molecular weight is 801 g/mol. The zero-order chi connectivity index (χ0) is 41.2. The van der Waals surface area contributed by atoms with Gasteiger partial charge in [-0.15, -0.1) is 0 Å². The highest BCUT2D eigenvalue weighted by atomic mass is 16.3. The lowest BCUT2D eigenvalue weighted by molar-refractivity contribution is 0.673.